The predicted molar refractivity (Wildman–Crippen MR) is 68.4 cm³/mol. The van der Waals surface area contributed by atoms with Gasteiger partial charge in [0.15, 0.2) is 5.15 Å². The van der Waals surface area contributed by atoms with Crippen LogP contribution in [0, 0.1) is 5.82 Å². The first-order valence-electron chi connectivity index (χ1n) is 4.93. The molecular weight excluding hydrogens is 280 g/mol. The van der Waals surface area contributed by atoms with Gasteiger partial charge in [-0.3, -0.25) is 9.36 Å². The van der Waals surface area contributed by atoms with Gasteiger partial charge in [-0.05, 0) is 12.1 Å². The minimum absolute atomic E-state index is 0.0101. The van der Waals surface area contributed by atoms with Crippen molar-refractivity contribution >= 4 is 28.9 Å². The molecule has 0 aliphatic rings. The van der Waals surface area contributed by atoms with E-state index in [9.17, 15) is 9.18 Å². The fraction of sp³-hybridized carbons (Fsp3) is 0.0909. The van der Waals surface area contributed by atoms with Crippen LogP contribution in [-0.2, 0) is 6.54 Å². The fourth-order valence-corrected chi connectivity index (χ4v) is 1.71. The van der Waals surface area contributed by atoms with Crippen LogP contribution in [0.25, 0.3) is 0 Å². The molecule has 1 aromatic carbocycles. The third-order valence-electron chi connectivity index (χ3n) is 2.38. The van der Waals surface area contributed by atoms with Crippen LogP contribution < -0.4 is 11.3 Å². The van der Waals surface area contributed by atoms with Gasteiger partial charge < -0.3 is 5.73 Å². The zero-order chi connectivity index (χ0) is 13.3. The molecule has 0 saturated heterocycles. The number of rotatable bonds is 2. The van der Waals surface area contributed by atoms with E-state index in [-0.39, 0.29) is 22.4 Å². The molecular formula is C11H8Cl2FN3O. The van der Waals surface area contributed by atoms with E-state index in [0.29, 0.717) is 5.56 Å². The summed E-state index contributed by atoms with van der Waals surface area (Å²) in [4.78, 5) is 15.5. The molecule has 0 spiro atoms. The highest BCUT2D eigenvalue weighted by Crippen LogP contribution is 2.15. The van der Waals surface area contributed by atoms with E-state index >= 15 is 0 Å². The van der Waals surface area contributed by atoms with Crippen LogP contribution in [0.4, 0.5) is 10.1 Å². The van der Waals surface area contributed by atoms with Crippen molar-refractivity contribution < 1.29 is 4.39 Å². The normalized spacial score (nSPS) is 10.6. The van der Waals surface area contributed by atoms with E-state index in [4.69, 9.17) is 28.9 Å². The Bertz CT molecular complexity index is 657. The summed E-state index contributed by atoms with van der Waals surface area (Å²) in [6.07, 6.45) is 1.22. The lowest BCUT2D eigenvalue weighted by molar-refractivity contribution is 0.594. The molecule has 0 saturated carbocycles. The number of anilines is 1. The SMILES string of the molecule is Nc1c(Cl)ncn(Cc2ccc(Cl)cc2F)c1=O. The Labute approximate surface area is 112 Å². The molecule has 0 fully saturated rings. The summed E-state index contributed by atoms with van der Waals surface area (Å²) in [7, 11) is 0. The third kappa shape index (κ3) is 2.47. The minimum Gasteiger partial charge on any atom is -0.392 e. The second-order valence-electron chi connectivity index (χ2n) is 3.62. The first-order chi connectivity index (χ1) is 8.49. The second-order valence-corrected chi connectivity index (χ2v) is 4.41. The predicted octanol–water partition coefficient (Wildman–Crippen LogP) is 2.32. The molecule has 7 heteroatoms. The van der Waals surface area contributed by atoms with Crippen molar-refractivity contribution in [3.8, 4) is 0 Å². The van der Waals surface area contributed by atoms with Crippen molar-refractivity contribution in [2.45, 2.75) is 6.54 Å². The number of halogens is 3. The van der Waals surface area contributed by atoms with Crippen molar-refractivity contribution in [2.24, 2.45) is 0 Å². The second kappa shape index (κ2) is 4.96. The van der Waals surface area contributed by atoms with Crippen molar-refractivity contribution in [1.29, 1.82) is 0 Å². The van der Waals surface area contributed by atoms with Crippen molar-refractivity contribution in [3.63, 3.8) is 0 Å². The molecule has 0 aliphatic heterocycles. The van der Waals surface area contributed by atoms with Crippen LogP contribution in [0.15, 0.2) is 29.3 Å². The monoisotopic (exact) mass is 287 g/mol. The lowest BCUT2D eigenvalue weighted by Gasteiger charge is -2.08. The number of nitrogen functional groups attached to an aromatic ring is 1. The summed E-state index contributed by atoms with van der Waals surface area (Å²) in [6, 6.07) is 4.21. The van der Waals surface area contributed by atoms with E-state index in [1.54, 1.807) is 0 Å². The number of hydrogen-bond donors (Lipinski definition) is 1. The van der Waals surface area contributed by atoms with Gasteiger partial charge in [0, 0.05) is 10.6 Å². The van der Waals surface area contributed by atoms with E-state index in [0.717, 1.165) is 0 Å². The number of nitrogens with zero attached hydrogens (tertiary/aromatic N) is 2. The summed E-state index contributed by atoms with van der Waals surface area (Å²) < 4.78 is 14.7. The maximum atomic E-state index is 13.6. The van der Waals surface area contributed by atoms with Gasteiger partial charge in [-0.25, -0.2) is 9.37 Å². The number of hydrogen-bond acceptors (Lipinski definition) is 3. The first kappa shape index (κ1) is 12.9. The number of nitrogens with two attached hydrogens (primary N) is 1. The molecule has 4 nitrogen and oxygen atoms in total. The molecule has 0 atom stereocenters. The van der Waals surface area contributed by atoms with Crippen LogP contribution >= 0.6 is 23.2 Å². The van der Waals surface area contributed by atoms with E-state index in [2.05, 4.69) is 4.98 Å². The zero-order valence-electron chi connectivity index (χ0n) is 9.03. The summed E-state index contributed by atoms with van der Waals surface area (Å²) in [5, 5.41) is 0.227. The Morgan fingerprint density at radius 3 is 2.78 bits per heavy atom. The Morgan fingerprint density at radius 1 is 1.39 bits per heavy atom. The molecule has 94 valence electrons. The van der Waals surface area contributed by atoms with Crippen LogP contribution in [0.1, 0.15) is 5.56 Å². The molecule has 0 radical (unpaired) electrons. The molecule has 2 aromatic rings. The van der Waals surface area contributed by atoms with E-state index < -0.39 is 11.4 Å². The van der Waals surface area contributed by atoms with Gasteiger partial charge >= 0.3 is 0 Å². The average Bonchev–Trinajstić information content (AvgIpc) is 2.33. The Morgan fingerprint density at radius 2 is 2.11 bits per heavy atom. The number of benzene rings is 1. The molecule has 2 rings (SSSR count). The molecule has 1 aromatic heterocycles. The van der Waals surface area contributed by atoms with Crippen molar-refractivity contribution in [3.05, 3.63) is 56.4 Å². The van der Waals surface area contributed by atoms with Gasteiger partial charge in [0.05, 0.1) is 12.9 Å². The van der Waals surface area contributed by atoms with Gasteiger partial charge in [0.25, 0.3) is 5.56 Å². The van der Waals surface area contributed by atoms with Gasteiger partial charge in [-0.1, -0.05) is 29.3 Å². The largest absolute Gasteiger partial charge is 0.392 e. The highest BCUT2D eigenvalue weighted by molar-refractivity contribution is 6.31. The lowest BCUT2D eigenvalue weighted by atomic mass is 10.2. The zero-order valence-corrected chi connectivity index (χ0v) is 10.5. The summed E-state index contributed by atoms with van der Waals surface area (Å²) in [5.74, 6) is -0.497. The molecule has 18 heavy (non-hydrogen) atoms. The molecule has 0 bridgehead atoms. The van der Waals surface area contributed by atoms with E-state index in [1.165, 1.54) is 29.1 Å². The van der Waals surface area contributed by atoms with Gasteiger partial charge in [0.1, 0.15) is 11.5 Å². The Hall–Kier alpha value is -1.59. The van der Waals surface area contributed by atoms with Crippen molar-refractivity contribution in [2.75, 3.05) is 5.73 Å². The smallest absolute Gasteiger partial charge is 0.278 e. The first-order valence-corrected chi connectivity index (χ1v) is 5.69. The van der Waals surface area contributed by atoms with Crippen LogP contribution in [0.2, 0.25) is 10.2 Å². The highest BCUT2D eigenvalue weighted by atomic mass is 35.5. The van der Waals surface area contributed by atoms with Crippen LogP contribution in [0.5, 0.6) is 0 Å². The highest BCUT2D eigenvalue weighted by Gasteiger charge is 2.09. The van der Waals surface area contributed by atoms with E-state index in [1.807, 2.05) is 0 Å². The lowest BCUT2D eigenvalue weighted by Crippen LogP contribution is -2.24. The van der Waals surface area contributed by atoms with Crippen LogP contribution in [0.3, 0.4) is 0 Å². The number of aromatic nitrogens is 2. The maximum absolute atomic E-state index is 13.6. The van der Waals surface area contributed by atoms with Crippen LogP contribution in [-0.4, -0.2) is 9.55 Å². The molecule has 0 aliphatic carbocycles. The molecule has 0 amide bonds. The minimum atomic E-state index is -0.510. The average molecular weight is 288 g/mol. The van der Waals surface area contributed by atoms with Gasteiger partial charge in [-0.15, -0.1) is 0 Å². The maximum Gasteiger partial charge on any atom is 0.278 e. The Balaban J connectivity index is 2.41. The molecule has 0 unspecified atom stereocenters. The quantitative estimate of drug-likeness (QED) is 0.863. The topological polar surface area (TPSA) is 60.9 Å². The summed E-state index contributed by atoms with van der Waals surface area (Å²) >= 11 is 11.2. The standard InChI is InChI=1S/C11H8Cl2FN3O/c12-7-2-1-6(8(14)3-7)4-17-5-16-10(13)9(15)11(17)18/h1-3,5H,4,15H2. The van der Waals surface area contributed by atoms with Gasteiger partial charge in [0.2, 0.25) is 0 Å². The molecule has 2 N–H and O–H groups in total. The third-order valence-corrected chi connectivity index (χ3v) is 2.92. The summed E-state index contributed by atoms with van der Waals surface area (Å²) in [5.41, 5.74) is 5.10. The van der Waals surface area contributed by atoms with Crippen molar-refractivity contribution in [1.82, 2.24) is 9.55 Å². The van der Waals surface area contributed by atoms with Gasteiger partial charge in [-0.2, -0.15) is 0 Å². The molecule has 1 heterocycles. The Kier molecular flexibility index (Phi) is 3.54. The summed E-state index contributed by atoms with van der Waals surface area (Å²) in [6.45, 7) is 0.0101. The fourth-order valence-electron chi connectivity index (χ4n) is 1.43.